The van der Waals surface area contributed by atoms with Crippen LogP contribution in [0.4, 0.5) is 0 Å². The maximum Gasteiger partial charge on any atom is 1.00 e. The SMILES string of the molecule is Sc1ccc(-c2ccccc2)cc1Br.[H-].[Na+]. The molecule has 0 saturated heterocycles. The zero-order valence-electron chi connectivity index (χ0n) is 9.44. The van der Waals surface area contributed by atoms with E-state index >= 15 is 0 Å². The van der Waals surface area contributed by atoms with Gasteiger partial charge in [0.1, 0.15) is 0 Å². The smallest absolute Gasteiger partial charge is 1.00 e. The molecule has 3 heteroatoms. The van der Waals surface area contributed by atoms with E-state index in [1.807, 2.05) is 24.3 Å². The van der Waals surface area contributed by atoms with E-state index < -0.39 is 0 Å². The zero-order valence-corrected chi connectivity index (χ0v) is 12.9. The minimum Gasteiger partial charge on any atom is -1.00 e. The summed E-state index contributed by atoms with van der Waals surface area (Å²) in [6.45, 7) is 0. The van der Waals surface area contributed by atoms with Gasteiger partial charge in [0.15, 0.2) is 0 Å². The Hall–Kier alpha value is 0.270. The summed E-state index contributed by atoms with van der Waals surface area (Å²) in [5.74, 6) is 0. The number of hydrogen-bond acceptors (Lipinski definition) is 1. The van der Waals surface area contributed by atoms with Crippen molar-refractivity contribution in [2.24, 2.45) is 0 Å². The summed E-state index contributed by atoms with van der Waals surface area (Å²) in [6, 6.07) is 16.4. The molecule has 15 heavy (non-hydrogen) atoms. The van der Waals surface area contributed by atoms with Crippen LogP contribution in [0.5, 0.6) is 0 Å². The molecule has 2 aromatic rings. The molecule has 0 N–H and O–H groups in total. The van der Waals surface area contributed by atoms with Crippen LogP contribution >= 0.6 is 28.6 Å². The first kappa shape index (κ1) is 13.3. The predicted octanol–water partition coefficient (Wildman–Crippen LogP) is 1.52. The molecule has 2 aromatic carbocycles. The molecule has 0 fully saturated rings. The van der Waals surface area contributed by atoms with E-state index in [1.165, 1.54) is 11.1 Å². The van der Waals surface area contributed by atoms with Crippen molar-refractivity contribution in [1.29, 1.82) is 0 Å². The molecule has 0 saturated carbocycles. The van der Waals surface area contributed by atoms with Crippen LogP contribution in [-0.2, 0) is 0 Å². The second-order valence-corrected chi connectivity index (χ2v) is 4.37. The molecule has 0 unspecified atom stereocenters. The molecule has 0 amide bonds. The van der Waals surface area contributed by atoms with Gasteiger partial charge in [-0.15, -0.1) is 12.6 Å². The van der Waals surface area contributed by atoms with E-state index in [2.05, 4.69) is 52.8 Å². The van der Waals surface area contributed by atoms with Gasteiger partial charge in [-0.2, -0.15) is 0 Å². The van der Waals surface area contributed by atoms with E-state index in [0.29, 0.717) is 0 Å². The van der Waals surface area contributed by atoms with Gasteiger partial charge in [-0.1, -0.05) is 36.4 Å². The molecule has 0 bridgehead atoms. The van der Waals surface area contributed by atoms with Gasteiger partial charge < -0.3 is 1.43 Å². The minimum atomic E-state index is 0. The first-order valence-electron chi connectivity index (χ1n) is 4.31. The summed E-state index contributed by atoms with van der Waals surface area (Å²) in [4.78, 5) is 0.963. The Balaban J connectivity index is 0.00000112. The monoisotopic (exact) mass is 288 g/mol. The van der Waals surface area contributed by atoms with Crippen molar-refractivity contribution < 1.29 is 31.0 Å². The van der Waals surface area contributed by atoms with Gasteiger partial charge in [-0.25, -0.2) is 0 Å². The molecule has 0 spiro atoms. The zero-order chi connectivity index (χ0) is 9.97. The molecule has 0 nitrogen and oxygen atoms in total. The Morgan fingerprint density at radius 2 is 1.60 bits per heavy atom. The molecule has 0 aliphatic rings. The van der Waals surface area contributed by atoms with Gasteiger partial charge in [-0.05, 0) is 39.2 Å². The van der Waals surface area contributed by atoms with Crippen LogP contribution in [0, 0.1) is 0 Å². The molecule has 0 heterocycles. The van der Waals surface area contributed by atoms with Gasteiger partial charge in [0, 0.05) is 9.37 Å². The van der Waals surface area contributed by atoms with Crippen LogP contribution < -0.4 is 29.6 Å². The average molecular weight is 289 g/mol. The number of benzene rings is 2. The van der Waals surface area contributed by atoms with Crippen molar-refractivity contribution in [3.8, 4) is 11.1 Å². The van der Waals surface area contributed by atoms with Crippen LogP contribution in [0.2, 0.25) is 0 Å². The van der Waals surface area contributed by atoms with Crippen LogP contribution in [0.3, 0.4) is 0 Å². The largest absolute Gasteiger partial charge is 1.00 e. The molecule has 0 aliphatic heterocycles. The quantitative estimate of drug-likeness (QED) is 0.597. The molecule has 0 atom stereocenters. The summed E-state index contributed by atoms with van der Waals surface area (Å²) in [6.07, 6.45) is 0. The molecule has 0 aliphatic carbocycles. The first-order chi connectivity index (χ1) is 6.77. The van der Waals surface area contributed by atoms with E-state index in [4.69, 9.17) is 0 Å². The van der Waals surface area contributed by atoms with Crippen molar-refractivity contribution in [3.63, 3.8) is 0 Å². The van der Waals surface area contributed by atoms with Gasteiger partial charge in [0.05, 0.1) is 0 Å². The molecule has 0 aromatic heterocycles. The van der Waals surface area contributed by atoms with Gasteiger partial charge in [-0.3, -0.25) is 0 Å². The van der Waals surface area contributed by atoms with E-state index in [9.17, 15) is 0 Å². The average Bonchev–Trinajstić information content (AvgIpc) is 2.23. The van der Waals surface area contributed by atoms with E-state index in [1.54, 1.807) is 0 Å². The standard InChI is InChI=1S/C12H9BrS.Na.H/c13-11-8-10(6-7-12(11)14)9-4-2-1-3-5-9;;/h1-8,14H;;/q;+1;-1. The van der Waals surface area contributed by atoms with Crippen molar-refractivity contribution >= 4 is 28.6 Å². The number of hydrogen-bond donors (Lipinski definition) is 1. The first-order valence-corrected chi connectivity index (χ1v) is 5.55. The Morgan fingerprint density at radius 3 is 2.20 bits per heavy atom. The summed E-state index contributed by atoms with van der Waals surface area (Å²) < 4.78 is 1.03. The Bertz CT molecular complexity index is 448. The number of thiol groups is 1. The predicted molar refractivity (Wildman–Crippen MR) is 67.9 cm³/mol. The van der Waals surface area contributed by atoms with Crippen molar-refractivity contribution in [2.75, 3.05) is 0 Å². The Kier molecular flexibility index (Phi) is 5.44. The van der Waals surface area contributed by atoms with Gasteiger partial charge >= 0.3 is 29.6 Å². The normalized spacial score (nSPS) is 9.47. The van der Waals surface area contributed by atoms with Gasteiger partial charge in [0.25, 0.3) is 0 Å². The second-order valence-electron chi connectivity index (χ2n) is 3.03. The Morgan fingerprint density at radius 1 is 0.933 bits per heavy atom. The fourth-order valence-electron chi connectivity index (χ4n) is 1.32. The van der Waals surface area contributed by atoms with E-state index in [-0.39, 0.29) is 31.0 Å². The summed E-state index contributed by atoms with van der Waals surface area (Å²) in [5, 5.41) is 0. The van der Waals surface area contributed by atoms with Crippen LogP contribution in [-0.4, -0.2) is 0 Å². The number of rotatable bonds is 1. The topological polar surface area (TPSA) is 0 Å². The van der Waals surface area contributed by atoms with Crippen LogP contribution in [0.25, 0.3) is 11.1 Å². The second kappa shape index (κ2) is 6.12. The van der Waals surface area contributed by atoms with Crippen molar-refractivity contribution in [1.82, 2.24) is 0 Å². The number of halogens is 1. The summed E-state index contributed by atoms with van der Waals surface area (Å²) in [5.41, 5.74) is 2.43. The fourth-order valence-corrected chi connectivity index (χ4v) is 1.83. The van der Waals surface area contributed by atoms with Crippen molar-refractivity contribution in [3.05, 3.63) is 53.0 Å². The van der Waals surface area contributed by atoms with Gasteiger partial charge in [0.2, 0.25) is 0 Å². The molecule has 72 valence electrons. The van der Waals surface area contributed by atoms with E-state index in [0.717, 1.165) is 9.37 Å². The summed E-state index contributed by atoms with van der Waals surface area (Å²) >= 11 is 7.78. The Labute approximate surface area is 127 Å². The third-order valence-corrected chi connectivity index (χ3v) is 3.41. The van der Waals surface area contributed by atoms with Crippen molar-refractivity contribution in [2.45, 2.75) is 4.90 Å². The maximum atomic E-state index is 4.31. The third kappa shape index (κ3) is 3.36. The minimum absolute atomic E-state index is 0. The van der Waals surface area contributed by atoms with Crippen LogP contribution in [0.15, 0.2) is 57.9 Å². The fraction of sp³-hybridized carbons (Fsp3) is 0. The molecule has 0 radical (unpaired) electrons. The molecular weight excluding hydrogens is 279 g/mol. The summed E-state index contributed by atoms with van der Waals surface area (Å²) in [7, 11) is 0. The molecular formula is C12H10BrNaS. The van der Waals surface area contributed by atoms with Crippen LogP contribution in [0.1, 0.15) is 1.43 Å². The molecule has 2 rings (SSSR count). The third-order valence-electron chi connectivity index (χ3n) is 2.05. The maximum absolute atomic E-state index is 4.31.